The highest BCUT2D eigenvalue weighted by molar-refractivity contribution is 5.80. The Morgan fingerprint density at radius 1 is 1.30 bits per heavy atom. The highest BCUT2D eigenvalue weighted by Gasteiger charge is 2.36. The van der Waals surface area contributed by atoms with Gasteiger partial charge in [-0.2, -0.15) is 13.2 Å². The average molecular weight is 299 g/mol. The molecule has 0 aliphatic rings. The largest absolute Gasteiger partial charge is 0.465 e. The maximum atomic E-state index is 12.0. The van der Waals surface area contributed by atoms with E-state index in [1.807, 2.05) is 6.92 Å². The molecule has 4 nitrogen and oxygen atoms in total. The van der Waals surface area contributed by atoms with Crippen molar-refractivity contribution in [3.05, 3.63) is 0 Å². The summed E-state index contributed by atoms with van der Waals surface area (Å²) in [5, 5.41) is 3.00. The van der Waals surface area contributed by atoms with Crippen LogP contribution in [0.15, 0.2) is 0 Å². The first-order valence-electron chi connectivity index (χ1n) is 6.75. The summed E-state index contributed by atoms with van der Waals surface area (Å²) in [7, 11) is 0. The van der Waals surface area contributed by atoms with Crippen molar-refractivity contribution in [1.82, 2.24) is 5.32 Å². The molecular formula is C13H24F3NO3. The van der Waals surface area contributed by atoms with Crippen molar-refractivity contribution in [3.8, 4) is 0 Å². The molecule has 0 fully saturated rings. The van der Waals surface area contributed by atoms with E-state index < -0.39 is 36.8 Å². The molecule has 0 rings (SSSR count). The maximum Gasteiger partial charge on any atom is 0.391 e. The normalized spacial score (nSPS) is 16.6. The Hall–Kier alpha value is -0.820. The Bertz CT molecular complexity index is 297. The Balaban J connectivity index is 4.39. The van der Waals surface area contributed by atoms with Crippen LogP contribution in [0.1, 0.15) is 40.5 Å². The van der Waals surface area contributed by atoms with Gasteiger partial charge >= 0.3 is 12.1 Å². The van der Waals surface area contributed by atoms with Gasteiger partial charge in [0.15, 0.2) is 0 Å². The first kappa shape index (κ1) is 19.2. The van der Waals surface area contributed by atoms with Crippen molar-refractivity contribution in [3.63, 3.8) is 0 Å². The van der Waals surface area contributed by atoms with E-state index in [-0.39, 0.29) is 13.0 Å². The first-order valence-corrected chi connectivity index (χ1v) is 6.75. The molecule has 0 bridgehead atoms. The van der Waals surface area contributed by atoms with Crippen LogP contribution in [-0.2, 0) is 14.3 Å². The molecule has 0 aliphatic carbocycles. The van der Waals surface area contributed by atoms with E-state index in [1.54, 1.807) is 20.8 Å². The van der Waals surface area contributed by atoms with Gasteiger partial charge < -0.3 is 14.8 Å². The average Bonchev–Trinajstić information content (AvgIpc) is 2.27. The molecule has 0 aromatic rings. The Morgan fingerprint density at radius 3 is 2.35 bits per heavy atom. The molecule has 0 aliphatic heterocycles. The number of hydrogen-bond acceptors (Lipinski definition) is 4. The van der Waals surface area contributed by atoms with Crippen molar-refractivity contribution in [2.24, 2.45) is 0 Å². The van der Waals surface area contributed by atoms with Gasteiger partial charge in [-0.3, -0.25) is 4.79 Å². The second kappa shape index (κ2) is 8.46. The predicted octanol–water partition coefficient (Wildman–Crippen LogP) is 2.67. The Labute approximate surface area is 118 Å². The number of rotatable bonds is 9. The molecule has 2 atom stereocenters. The fraction of sp³-hybridized carbons (Fsp3) is 0.923. The molecule has 120 valence electrons. The second-order valence-electron chi connectivity index (χ2n) is 4.83. The van der Waals surface area contributed by atoms with Crippen LogP contribution in [-0.4, -0.2) is 43.5 Å². The van der Waals surface area contributed by atoms with Crippen molar-refractivity contribution < 1.29 is 27.4 Å². The molecule has 2 unspecified atom stereocenters. The van der Waals surface area contributed by atoms with Gasteiger partial charge in [-0.1, -0.05) is 6.92 Å². The molecule has 0 heterocycles. The zero-order valence-corrected chi connectivity index (χ0v) is 12.5. The molecule has 0 aromatic carbocycles. The van der Waals surface area contributed by atoms with Gasteiger partial charge in [-0.25, -0.2) is 0 Å². The number of carbonyl (C=O) groups excluding carboxylic acids is 1. The van der Waals surface area contributed by atoms with Crippen LogP contribution in [0.25, 0.3) is 0 Å². The minimum Gasteiger partial charge on any atom is -0.465 e. The van der Waals surface area contributed by atoms with E-state index in [2.05, 4.69) is 5.32 Å². The van der Waals surface area contributed by atoms with Gasteiger partial charge in [0, 0.05) is 6.42 Å². The number of esters is 1. The lowest BCUT2D eigenvalue weighted by Gasteiger charge is -2.30. The summed E-state index contributed by atoms with van der Waals surface area (Å²) in [5.74, 6) is -0.423. The maximum absolute atomic E-state index is 12.0. The van der Waals surface area contributed by atoms with E-state index >= 15 is 0 Å². The number of likely N-dealkylation sites (N-methyl/N-ethyl adjacent to an activating group) is 1. The third kappa shape index (κ3) is 7.69. The molecule has 0 amide bonds. The summed E-state index contributed by atoms with van der Waals surface area (Å²) in [6.07, 6.45) is -5.45. The number of halogens is 3. The zero-order chi connectivity index (χ0) is 15.8. The van der Waals surface area contributed by atoms with Crippen molar-refractivity contribution in [2.45, 2.75) is 58.4 Å². The summed E-state index contributed by atoms with van der Waals surface area (Å²) in [4.78, 5) is 11.9. The molecule has 0 aromatic heterocycles. The van der Waals surface area contributed by atoms with Crippen LogP contribution in [0.3, 0.4) is 0 Å². The monoisotopic (exact) mass is 299 g/mol. The molecule has 20 heavy (non-hydrogen) atoms. The smallest absolute Gasteiger partial charge is 0.391 e. The number of hydrogen-bond donors (Lipinski definition) is 1. The lowest BCUT2D eigenvalue weighted by molar-refractivity contribution is -0.156. The van der Waals surface area contributed by atoms with Gasteiger partial charge in [0.2, 0.25) is 0 Å². The van der Waals surface area contributed by atoms with Crippen molar-refractivity contribution in [1.29, 1.82) is 0 Å². The topological polar surface area (TPSA) is 47.6 Å². The van der Waals surface area contributed by atoms with Gasteiger partial charge in [-0.15, -0.1) is 0 Å². The molecular weight excluding hydrogens is 275 g/mol. The second-order valence-corrected chi connectivity index (χ2v) is 4.83. The van der Waals surface area contributed by atoms with Crippen LogP contribution in [0.2, 0.25) is 0 Å². The molecule has 0 saturated carbocycles. The van der Waals surface area contributed by atoms with E-state index in [4.69, 9.17) is 9.47 Å². The SMILES string of the molecule is CCNC(C)(CC(C)OCCC(F)(F)F)C(=O)OCC. The standard InChI is InChI=1S/C13H24F3NO3/c1-5-17-12(4,11(18)19-6-2)9-10(3)20-8-7-13(14,15)16/h10,17H,5-9H2,1-4H3. The highest BCUT2D eigenvalue weighted by atomic mass is 19.4. The fourth-order valence-electron chi connectivity index (χ4n) is 1.92. The number of ether oxygens (including phenoxy) is 2. The Morgan fingerprint density at radius 2 is 1.90 bits per heavy atom. The van der Waals surface area contributed by atoms with Gasteiger partial charge in [0.25, 0.3) is 0 Å². The Kier molecular flexibility index (Phi) is 8.12. The molecule has 7 heteroatoms. The fourth-order valence-corrected chi connectivity index (χ4v) is 1.92. The number of carbonyl (C=O) groups is 1. The minimum atomic E-state index is -4.23. The summed E-state index contributed by atoms with van der Waals surface area (Å²) in [5.41, 5.74) is -0.956. The number of nitrogens with one attached hydrogen (secondary N) is 1. The van der Waals surface area contributed by atoms with Gasteiger partial charge in [0.05, 0.1) is 25.7 Å². The van der Waals surface area contributed by atoms with Crippen LogP contribution in [0.5, 0.6) is 0 Å². The molecule has 0 saturated heterocycles. The van der Waals surface area contributed by atoms with Crippen LogP contribution in [0.4, 0.5) is 13.2 Å². The van der Waals surface area contributed by atoms with Crippen LogP contribution < -0.4 is 5.32 Å². The van der Waals surface area contributed by atoms with Crippen molar-refractivity contribution in [2.75, 3.05) is 19.8 Å². The summed E-state index contributed by atoms with van der Waals surface area (Å²) in [6.45, 7) is 7.24. The molecule has 1 N–H and O–H groups in total. The third-order valence-electron chi connectivity index (χ3n) is 2.78. The summed E-state index contributed by atoms with van der Waals surface area (Å²) >= 11 is 0. The van der Waals surface area contributed by atoms with Crippen LogP contribution in [0, 0.1) is 0 Å². The summed E-state index contributed by atoms with van der Waals surface area (Å²) < 4.78 is 46.2. The first-order chi connectivity index (χ1) is 9.14. The lowest BCUT2D eigenvalue weighted by atomic mass is 9.94. The van der Waals surface area contributed by atoms with E-state index in [0.717, 1.165) is 0 Å². The van der Waals surface area contributed by atoms with E-state index in [9.17, 15) is 18.0 Å². The lowest BCUT2D eigenvalue weighted by Crippen LogP contribution is -2.52. The van der Waals surface area contributed by atoms with Gasteiger partial charge in [-0.05, 0) is 27.3 Å². The molecule has 0 spiro atoms. The quantitative estimate of drug-likeness (QED) is 0.665. The molecule has 0 radical (unpaired) electrons. The van der Waals surface area contributed by atoms with E-state index in [1.165, 1.54) is 0 Å². The summed E-state index contributed by atoms with van der Waals surface area (Å²) in [6, 6.07) is 0. The minimum absolute atomic E-state index is 0.248. The number of alkyl halides is 3. The predicted molar refractivity (Wildman–Crippen MR) is 69.4 cm³/mol. The zero-order valence-electron chi connectivity index (χ0n) is 12.5. The van der Waals surface area contributed by atoms with Crippen LogP contribution >= 0.6 is 0 Å². The van der Waals surface area contributed by atoms with Gasteiger partial charge in [0.1, 0.15) is 5.54 Å². The van der Waals surface area contributed by atoms with E-state index in [0.29, 0.717) is 6.54 Å². The third-order valence-corrected chi connectivity index (χ3v) is 2.78. The van der Waals surface area contributed by atoms with Crippen molar-refractivity contribution >= 4 is 5.97 Å². The highest BCUT2D eigenvalue weighted by Crippen LogP contribution is 2.21.